The molecule has 1 aliphatic rings. The lowest BCUT2D eigenvalue weighted by molar-refractivity contribution is 0.0600. The Balaban J connectivity index is 2.12. The van der Waals surface area contributed by atoms with E-state index in [2.05, 4.69) is 9.72 Å². The summed E-state index contributed by atoms with van der Waals surface area (Å²) >= 11 is 0. The number of aliphatic hydroxyl groups is 1. The fourth-order valence-electron chi connectivity index (χ4n) is 1.47. The Hall–Kier alpha value is -1.42. The molecule has 1 atom stereocenters. The first-order valence-corrected chi connectivity index (χ1v) is 4.94. The van der Waals surface area contributed by atoms with Crippen LogP contribution in [0, 0.1) is 5.92 Å². The molecule has 15 heavy (non-hydrogen) atoms. The Morgan fingerprint density at radius 2 is 2.33 bits per heavy atom. The number of esters is 1. The van der Waals surface area contributed by atoms with Crippen molar-refractivity contribution < 1.29 is 14.6 Å². The van der Waals surface area contributed by atoms with E-state index in [1.54, 1.807) is 12.1 Å². The van der Waals surface area contributed by atoms with Crippen molar-refractivity contribution >= 4 is 5.97 Å². The van der Waals surface area contributed by atoms with Crippen LogP contribution in [-0.4, -0.2) is 23.2 Å². The maximum atomic E-state index is 11.1. The Morgan fingerprint density at radius 1 is 1.60 bits per heavy atom. The highest BCUT2D eigenvalue weighted by Crippen LogP contribution is 2.40. The molecule has 80 valence electrons. The van der Waals surface area contributed by atoms with Crippen molar-refractivity contribution in [1.29, 1.82) is 0 Å². The van der Waals surface area contributed by atoms with E-state index in [0.29, 0.717) is 17.2 Å². The zero-order valence-electron chi connectivity index (χ0n) is 8.51. The van der Waals surface area contributed by atoms with Crippen LogP contribution >= 0.6 is 0 Å². The minimum Gasteiger partial charge on any atom is -0.465 e. The number of hydrogen-bond acceptors (Lipinski definition) is 4. The molecule has 0 bridgehead atoms. The van der Waals surface area contributed by atoms with Crippen molar-refractivity contribution in [2.24, 2.45) is 5.92 Å². The molecule has 1 aromatic rings. The molecule has 0 aromatic carbocycles. The van der Waals surface area contributed by atoms with Crippen molar-refractivity contribution in [2.75, 3.05) is 7.11 Å². The van der Waals surface area contributed by atoms with Gasteiger partial charge in [0, 0.05) is 6.20 Å². The van der Waals surface area contributed by atoms with Crippen LogP contribution in [-0.2, 0) is 4.74 Å². The van der Waals surface area contributed by atoms with E-state index in [1.165, 1.54) is 13.3 Å². The van der Waals surface area contributed by atoms with Crippen molar-refractivity contribution in [1.82, 2.24) is 4.98 Å². The van der Waals surface area contributed by atoms with Gasteiger partial charge in [0.1, 0.15) is 0 Å². The SMILES string of the molecule is COC(=O)c1ccc(C(O)C2CC2)nc1. The molecule has 0 amide bonds. The molecule has 1 heterocycles. The summed E-state index contributed by atoms with van der Waals surface area (Å²) in [5.74, 6) is -0.0589. The van der Waals surface area contributed by atoms with Crippen LogP contribution in [0.5, 0.6) is 0 Å². The molecule has 1 aromatic heterocycles. The fourth-order valence-corrected chi connectivity index (χ4v) is 1.47. The normalized spacial score (nSPS) is 17.2. The molecule has 1 fully saturated rings. The summed E-state index contributed by atoms with van der Waals surface area (Å²) in [4.78, 5) is 15.2. The van der Waals surface area contributed by atoms with Gasteiger partial charge in [-0.15, -0.1) is 0 Å². The smallest absolute Gasteiger partial charge is 0.339 e. The van der Waals surface area contributed by atoms with Crippen LogP contribution < -0.4 is 0 Å². The third kappa shape index (κ3) is 2.15. The van der Waals surface area contributed by atoms with E-state index in [1.807, 2.05) is 0 Å². The van der Waals surface area contributed by atoms with Gasteiger partial charge in [-0.05, 0) is 30.9 Å². The summed E-state index contributed by atoms with van der Waals surface area (Å²) in [5, 5.41) is 9.77. The lowest BCUT2D eigenvalue weighted by atomic mass is 10.1. The number of nitrogens with zero attached hydrogens (tertiary/aromatic N) is 1. The lowest BCUT2D eigenvalue weighted by Gasteiger charge is -2.08. The van der Waals surface area contributed by atoms with Crippen molar-refractivity contribution in [3.8, 4) is 0 Å². The van der Waals surface area contributed by atoms with Crippen LogP contribution in [0.15, 0.2) is 18.3 Å². The Labute approximate surface area is 87.9 Å². The fraction of sp³-hybridized carbons (Fsp3) is 0.455. The number of ether oxygens (including phenoxy) is 1. The second-order valence-corrected chi connectivity index (χ2v) is 3.75. The van der Waals surface area contributed by atoms with Gasteiger partial charge in [-0.1, -0.05) is 0 Å². The summed E-state index contributed by atoms with van der Waals surface area (Å²) in [5.41, 5.74) is 1.04. The minimum atomic E-state index is -0.489. The molecule has 0 radical (unpaired) electrons. The third-order valence-corrected chi connectivity index (χ3v) is 2.58. The molecule has 1 N–H and O–H groups in total. The van der Waals surface area contributed by atoms with Gasteiger partial charge in [0.05, 0.1) is 24.5 Å². The Bertz CT molecular complexity index is 357. The van der Waals surface area contributed by atoms with Gasteiger partial charge in [-0.3, -0.25) is 4.98 Å². The molecular formula is C11H13NO3. The van der Waals surface area contributed by atoms with Gasteiger partial charge in [0.25, 0.3) is 0 Å². The Morgan fingerprint density at radius 3 is 2.80 bits per heavy atom. The van der Waals surface area contributed by atoms with Crippen LogP contribution in [0.1, 0.15) is 35.0 Å². The summed E-state index contributed by atoms with van der Waals surface area (Å²) in [6, 6.07) is 3.30. The molecule has 2 rings (SSSR count). The number of aliphatic hydroxyl groups excluding tert-OH is 1. The lowest BCUT2D eigenvalue weighted by Crippen LogP contribution is -2.06. The highest BCUT2D eigenvalue weighted by molar-refractivity contribution is 5.88. The van der Waals surface area contributed by atoms with Crippen LogP contribution in [0.3, 0.4) is 0 Å². The first-order chi connectivity index (χ1) is 7.22. The molecular weight excluding hydrogens is 194 g/mol. The second kappa shape index (κ2) is 3.98. The monoisotopic (exact) mass is 207 g/mol. The van der Waals surface area contributed by atoms with Crippen molar-refractivity contribution in [3.05, 3.63) is 29.6 Å². The summed E-state index contributed by atoms with van der Waals surface area (Å²) in [7, 11) is 1.33. The number of rotatable bonds is 3. The molecule has 4 nitrogen and oxygen atoms in total. The number of carbonyl (C=O) groups is 1. The predicted octanol–water partition coefficient (Wildman–Crippen LogP) is 1.31. The summed E-state index contributed by atoms with van der Waals surface area (Å²) < 4.78 is 4.55. The van der Waals surface area contributed by atoms with Gasteiger partial charge in [-0.2, -0.15) is 0 Å². The number of methoxy groups -OCH3 is 1. The molecule has 0 spiro atoms. The average molecular weight is 207 g/mol. The number of aromatic nitrogens is 1. The van der Waals surface area contributed by atoms with E-state index in [4.69, 9.17) is 0 Å². The molecule has 0 saturated heterocycles. The molecule has 4 heteroatoms. The third-order valence-electron chi connectivity index (χ3n) is 2.58. The number of hydrogen-bond donors (Lipinski definition) is 1. The van der Waals surface area contributed by atoms with Gasteiger partial charge >= 0.3 is 5.97 Å². The zero-order chi connectivity index (χ0) is 10.8. The van der Waals surface area contributed by atoms with Crippen LogP contribution in [0.2, 0.25) is 0 Å². The molecule has 1 unspecified atom stereocenters. The first kappa shape index (κ1) is 10.1. The van der Waals surface area contributed by atoms with Crippen molar-refractivity contribution in [3.63, 3.8) is 0 Å². The van der Waals surface area contributed by atoms with Gasteiger partial charge in [-0.25, -0.2) is 4.79 Å². The highest BCUT2D eigenvalue weighted by Gasteiger charge is 2.31. The van der Waals surface area contributed by atoms with E-state index in [9.17, 15) is 9.90 Å². The average Bonchev–Trinajstić information content (AvgIpc) is 3.11. The van der Waals surface area contributed by atoms with Gasteiger partial charge in [0.2, 0.25) is 0 Å². The number of carbonyl (C=O) groups excluding carboxylic acids is 1. The zero-order valence-corrected chi connectivity index (χ0v) is 8.51. The Kier molecular flexibility index (Phi) is 2.68. The van der Waals surface area contributed by atoms with Crippen LogP contribution in [0.25, 0.3) is 0 Å². The largest absolute Gasteiger partial charge is 0.465 e. The van der Waals surface area contributed by atoms with Gasteiger partial charge < -0.3 is 9.84 Å². The maximum Gasteiger partial charge on any atom is 0.339 e. The van der Waals surface area contributed by atoms with E-state index < -0.39 is 12.1 Å². The summed E-state index contributed by atoms with van der Waals surface area (Å²) in [6.07, 6.45) is 3.06. The number of pyridine rings is 1. The highest BCUT2D eigenvalue weighted by atomic mass is 16.5. The minimum absolute atomic E-state index is 0.349. The topological polar surface area (TPSA) is 59.4 Å². The predicted molar refractivity (Wildman–Crippen MR) is 53.3 cm³/mol. The van der Waals surface area contributed by atoms with Crippen molar-refractivity contribution in [2.45, 2.75) is 18.9 Å². The first-order valence-electron chi connectivity index (χ1n) is 4.94. The maximum absolute atomic E-state index is 11.1. The quantitative estimate of drug-likeness (QED) is 0.759. The van der Waals surface area contributed by atoms with E-state index >= 15 is 0 Å². The van der Waals surface area contributed by atoms with E-state index in [0.717, 1.165) is 12.8 Å². The molecule has 0 aliphatic heterocycles. The summed E-state index contributed by atoms with van der Waals surface area (Å²) in [6.45, 7) is 0. The molecule has 1 aliphatic carbocycles. The van der Waals surface area contributed by atoms with E-state index in [-0.39, 0.29) is 0 Å². The van der Waals surface area contributed by atoms with Gasteiger partial charge in [0.15, 0.2) is 0 Å². The molecule has 1 saturated carbocycles. The van der Waals surface area contributed by atoms with Crippen LogP contribution in [0.4, 0.5) is 0 Å². The second-order valence-electron chi connectivity index (χ2n) is 3.75. The standard InChI is InChI=1S/C11H13NO3/c1-15-11(14)8-4-5-9(12-6-8)10(13)7-2-3-7/h4-7,10,13H,2-3H2,1H3.